The standard InChI is InChI=1S/C8H16O2.Sb/c1-2-3-4-5-6-7-8(9)10;/h2-7H2,1H3,(H,9,10);. The van der Waals surface area contributed by atoms with Gasteiger partial charge in [0.15, 0.2) is 0 Å². The van der Waals surface area contributed by atoms with Gasteiger partial charge in [0, 0.05) is 30.8 Å². The van der Waals surface area contributed by atoms with Crippen LogP contribution in [-0.2, 0) is 4.79 Å². The molecule has 0 fully saturated rings. The van der Waals surface area contributed by atoms with Crippen LogP contribution in [0.3, 0.4) is 0 Å². The van der Waals surface area contributed by atoms with Crippen LogP contribution in [0.15, 0.2) is 0 Å². The molecule has 0 aliphatic rings. The number of hydrogen-bond donors (Lipinski definition) is 1. The third kappa shape index (κ3) is 13.3. The number of carboxylic acid groups (broad SMARTS) is 1. The molecule has 0 aromatic heterocycles. The summed E-state index contributed by atoms with van der Waals surface area (Å²) in [6.45, 7) is 2.15. The van der Waals surface area contributed by atoms with Crippen molar-refractivity contribution in [2.75, 3.05) is 0 Å². The molecule has 0 saturated carbocycles. The number of hydrogen-bond acceptors (Lipinski definition) is 1. The van der Waals surface area contributed by atoms with E-state index in [9.17, 15) is 4.79 Å². The summed E-state index contributed by atoms with van der Waals surface area (Å²) in [5, 5.41) is 8.27. The number of carbonyl (C=O) groups is 1. The Morgan fingerprint density at radius 3 is 2.18 bits per heavy atom. The Labute approximate surface area is 85.8 Å². The average Bonchev–Trinajstić information content (AvgIpc) is 1.87. The number of unbranched alkanes of at least 4 members (excludes halogenated alkanes) is 4. The summed E-state index contributed by atoms with van der Waals surface area (Å²) in [6, 6.07) is 0. The van der Waals surface area contributed by atoms with Crippen LogP contribution in [-0.4, -0.2) is 35.5 Å². The van der Waals surface area contributed by atoms with Crippen molar-refractivity contribution in [3.63, 3.8) is 0 Å². The van der Waals surface area contributed by atoms with Crippen LogP contribution in [0.4, 0.5) is 0 Å². The molecular weight excluding hydrogens is 250 g/mol. The van der Waals surface area contributed by atoms with Crippen molar-refractivity contribution >= 4 is 30.4 Å². The predicted molar refractivity (Wildman–Crippen MR) is 46.8 cm³/mol. The average molecular weight is 266 g/mol. The van der Waals surface area contributed by atoms with E-state index in [4.69, 9.17) is 5.11 Å². The van der Waals surface area contributed by atoms with Crippen molar-refractivity contribution in [3.05, 3.63) is 0 Å². The van der Waals surface area contributed by atoms with Gasteiger partial charge in [0.1, 0.15) is 0 Å². The number of aliphatic carboxylic acids is 1. The van der Waals surface area contributed by atoms with Crippen LogP contribution in [0.5, 0.6) is 0 Å². The predicted octanol–water partition coefficient (Wildman–Crippen LogP) is 2.05. The van der Waals surface area contributed by atoms with Gasteiger partial charge in [-0.25, -0.2) is 0 Å². The van der Waals surface area contributed by atoms with Crippen LogP contribution >= 0.6 is 0 Å². The molecule has 0 heterocycles. The van der Waals surface area contributed by atoms with Gasteiger partial charge in [0.2, 0.25) is 0 Å². The molecule has 65 valence electrons. The van der Waals surface area contributed by atoms with Crippen LogP contribution in [0.25, 0.3) is 0 Å². The van der Waals surface area contributed by atoms with Gasteiger partial charge in [-0.05, 0) is 6.42 Å². The Morgan fingerprint density at radius 2 is 1.73 bits per heavy atom. The Hall–Kier alpha value is 0.288. The van der Waals surface area contributed by atoms with Gasteiger partial charge in [0.05, 0.1) is 0 Å². The number of rotatable bonds is 6. The number of carboxylic acids is 1. The van der Waals surface area contributed by atoms with Crippen molar-refractivity contribution in [1.29, 1.82) is 0 Å². The maximum Gasteiger partial charge on any atom is 0.303 e. The molecule has 0 atom stereocenters. The topological polar surface area (TPSA) is 37.3 Å². The first kappa shape index (κ1) is 13.8. The van der Waals surface area contributed by atoms with E-state index in [1.54, 1.807) is 0 Å². The fraction of sp³-hybridized carbons (Fsp3) is 0.875. The maximum absolute atomic E-state index is 10.0. The van der Waals surface area contributed by atoms with Gasteiger partial charge in [-0.15, -0.1) is 0 Å². The summed E-state index contributed by atoms with van der Waals surface area (Å²) in [7, 11) is 0. The van der Waals surface area contributed by atoms with E-state index < -0.39 is 5.97 Å². The molecular formula is C8H16O2Sb. The first-order chi connectivity index (χ1) is 4.77. The zero-order valence-corrected chi connectivity index (χ0v) is 9.60. The van der Waals surface area contributed by atoms with Crippen LogP contribution in [0.2, 0.25) is 0 Å². The van der Waals surface area contributed by atoms with E-state index in [2.05, 4.69) is 6.92 Å². The minimum atomic E-state index is -0.670. The fourth-order valence-electron chi connectivity index (χ4n) is 0.880. The van der Waals surface area contributed by atoms with E-state index in [0.717, 1.165) is 12.8 Å². The SMILES string of the molecule is CCCCCCCC(=O)O.[Sb]. The summed E-state index contributed by atoms with van der Waals surface area (Å²) in [4.78, 5) is 10.0. The summed E-state index contributed by atoms with van der Waals surface area (Å²) < 4.78 is 0. The van der Waals surface area contributed by atoms with Gasteiger partial charge in [-0.3, -0.25) is 4.79 Å². The minimum Gasteiger partial charge on any atom is -0.481 e. The van der Waals surface area contributed by atoms with Crippen LogP contribution in [0.1, 0.15) is 45.4 Å². The molecule has 0 rings (SSSR count). The van der Waals surface area contributed by atoms with Crippen molar-refractivity contribution in [1.82, 2.24) is 0 Å². The molecule has 0 unspecified atom stereocenters. The van der Waals surface area contributed by atoms with Gasteiger partial charge >= 0.3 is 5.97 Å². The van der Waals surface area contributed by atoms with Crippen LogP contribution < -0.4 is 0 Å². The monoisotopic (exact) mass is 265 g/mol. The minimum absolute atomic E-state index is 0. The normalized spacial score (nSPS) is 8.82. The molecule has 3 heteroatoms. The second-order valence-corrected chi connectivity index (χ2v) is 2.56. The molecule has 0 aliphatic heterocycles. The molecule has 11 heavy (non-hydrogen) atoms. The molecule has 3 radical (unpaired) electrons. The molecule has 0 saturated heterocycles. The Bertz CT molecular complexity index is 94.1. The van der Waals surface area contributed by atoms with Crippen molar-refractivity contribution in [2.24, 2.45) is 0 Å². The Morgan fingerprint density at radius 1 is 1.18 bits per heavy atom. The first-order valence-corrected chi connectivity index (χ1v) is 3.99. The molecule has 0 bridgehead atoms. The summed E-state index contributed by atoms with van der Waals surface area (Å²) in [6.07, 6.45) is 5.88. The molecule has 0 aromatic carbocycles. The molecule has 0 aliphatic carbocycles. The van der Waals surface area contributed by atoms with Crippen LogP contribution in [0, 0.1) is 0 Å². The molecule has 2 nitrogen and oxygen atoms in total. The Kier molecular flexibility index (Phi) is 13.0. The van der Waals surface area contributed by atoms with Crippen molar-refractivity contribution in [2.45, 2.75) is 45.4 Å². The molecule has 0 amide bonds. The Balaban J connectivity index is 0. The second-order valence-electron chi connectivity index (χ2n) is 2.56. The summed E-state index contributed by atoms with van der Waals surface area (Å²) in [5.41, 5.74) is 0. The zero-order chi connectivity index (χ0) is 7.82. The second kappa shape index (κ2) is 10.3. The van der Waals surface area contributed by atoms with E-state index >= 15 is 0 Å². The van der Waals surface area contributed by atoms with E-state index in [1.165, 1.54) is 19.3 Å². The largest absolute Gasteiger partial charge is 0.481 e. The fourth-order valence-corrected chi connectivity index (χ4v) is 0.880. The van der Waals surface area contributed by atoms with Gasteiger partial charge in [0.25, 0.3) is 0 Å². The van der Waals surface area contributed by atoms with Gasteiger partial charge in [-0.1, -0.05) is 32.6 Å². The summed E-state index contributed by atoms with van der Waals surface area (Å²) in [5.74, 6) is -0.670. The third-order valence-electron chi connectivity index (χ3n) is 1.49. The van der Waals surface area contributed by atoms with Crippen molar-refractivity contribution < 1.29 is 9.90 Å². The zero-order valence-electron chi connectivity index (χ0n) is 7.05. The van der Waals surface area contributed by atoms with E-state index in [1.807, 2.05) is 0 Å². The smallest absolute Gasteiger partial charge is 0.303 e. The van der Waals surface area contributed by atoms with Crippen molar-refractivity contribution in [3.8, 4) is 0 Å². The van der Waals surface area contributed by atoms with Gasteiger partial charge in [-0.2, -0.15) is 0 Å². The molecule has 1 N–H and O–H groups in total. The van der Waals surface area contributed by atoms with E-state index in [-0.39, 0.29) is 24.4 Å². The van der Waals surface area contributed by atoms with Gasteiger partial charge < -0.3 is 5.11 Å². The quantitative estimate of drug-likeness (QED) is 0.590. The molecule has 0 spiro atoms. The first-order valence-electron chi connectivity index (χ1n) is 3.99. The van der Waals surface area contributed by atoms with E-state index in [0.29, 0.717) is 6.42 Å². The third-order valence-corrected chi connectivity index (χ3v) is 1.49. The molecule has 0 aromatic rings. The maximum atomic E-state index is 10.0. The summed E-state index contributed by atoms with van der Waals surface area (Å²) >= 11 is 0.